The molecule has 2 atom stereocenters. The van der Waals surface area contributed by atoms with E-state index in [-0.39, 0.29) is 12.0 Å². The molecule has 1 aliphatic carbocycles. The highest BCUT2D eigenvalue weighted by atomic mass is 32.1. The first-order valence-electron chi connectivity index (χ1n) is 6.58. The van der Waals surface area contributed by atoms with Gasteiger partial charge in [-0.3, -0.25) is 4.79 Å². The van der Waals surface area contributed by atoms with Gasteiger partial charge in [0, 0.05) is 13.6 Å². The Hall–Kier alpha value is -1.34. The smallest absolute Gasteiger partial charge is 0.257 e. The van der Waals surface area contributed by atoms with Crippen molar-refractivity contribution in [1.82, 2.24) is 9.69 Å². The molecule has 3 rings (SSSR count). The summed E-state index contributed by atoms with van der Waals surface area (Å²) in [5.74, 6) is 0.155. The molecule has 1 amide bonds. The summed E-state index contributed by atoms with van der Waals surface area (Å²) in [5, 5.41) is 3.52. The van der Waals surface area contributed by atoms with E-state index in [1.54, 1.807) is 7.05 Å². The van der Waals surface area contributed by atoms with Gasteiger partial charge in [0.15, 0.2) is 5.82 Å². The van der Waals surface area contributed by atoms with E-state index in [1.807, 2.05) is 0 Å². The largest absolute Gasteiger partial charge is 0.382 e. The number of fused-ring (bicyclic) bond motifs is 1. The van der Waals surface area contributed by atoms with Crippen LogP contribution >= 0.6 is 11.5 Å². The van der Waals surface area contributed by atoms with E-state index in [0.717, 1.165) is 24.4 Å². The summed E-state index contributed by atoms with van der Waals surface area (Å²) in [6.45, 7) is 1.50. The summed E-state index contributed by atoms with van der Waals surface area (Å²) in [7, 11) is 1.61. The van der Waals surface area contributed by atoms with Gasteiger partial charge >= 0.3 is 0 Å². The summed E-state index contributed by atoms with van der Waals surface area (Å²) in [6.07, 6.45) is 3.67. The number of nitrogens with one attached hydrogen (secondary N) is 1. The van der Waals surface area contributed by atoms with Gasteiger partial charge in [0.05, 0.1) is 18.8 Å². The molecule has 1 saturated heterocycles. The SMILES string of the molecule is CNC(=O)c1c(N)nsc1N1CCOC2CCCC21. The van der Waals surface area contributed by atoms with Crippen molar-refractivity contribution >= 4 is 28.3 Å². The van der Waals surface area contributed by atoms with E-state index in [4.69, 9.17) is 10.5 Å². The molecule has 2 aliphatic rings. The van der Waals surface area contributed by atoms with E-state index >= 15 is 0 Å². The molecule has 0 bridgehead atoms. The Kier molecular flexibility index (Phi) is 3.32. The number of carbonyl (C=O) groups is 1. The van der Waals surface area contributed by atoms with E-state index < -0.39 is 0 Å². The molecule has 0 aromatic carbocycles. The molecule has 6 nitrogen and oxygen atoms in total. The predicted molar refractivity (Wildman–Crippen MR) is 74.6 cm³/mol. The molecule has 3 N–H and O–H groups in total. The predicted octanol–water partition coefficient (Wildman–Crippen LogP) is 0.843. The van der Waals surface area contributed by atoms with Crippen molar-refractivity contribution < 1.29 is 9.53 Å². The minimum atomic E-state index is -0.165. The Morgan fingerprint density at radius 1 is 1.58 bits per heavy atom. The van der Waals surface area contributed by atoms with Crippen molar-refractivity contribution in [3.63, 3.8) is 0 Å². The lowest BCUT2D eigenvalue weighted by Crippen LogP contribution is -2.49. The van der Waals surface area contributed by atoms with Crippen LogP contribution in [-0.2, 0) is 4.74 Å². The van der Waals surface area contributed by atoms with Crippen molar-refractivity contribution in [2.75, 3.05) is 30.8 Å². The van der Waals surface area contributed by atoms with Gasteiger partial charge in [0.25, 0.3) is 5.91 Å². The van der Waals surface area contributed by atoms with Crippen LogP contribution in [0.25, 0.3) is 0 Å². The lowest BCUT2D eigenvalue weighted by molar-refractivity contribution is 0.0258. The zero-order valence-electron chi connectivity index (χ0n) is 10.9. The summed E-state index contributed by atoms with van der Waals surface area (Å²) >= 11 is 1.31. The third kappa shape index (κ3) is 2.06. The Morgan fingerprint density at radius 2 is 2.42 bits per heavy atom. The molecule has 104 valence electrons. The summed E-state index contributed by atoms with van der Waals surface area (Å²) in [5.41, 5.74) is 6.36. The number of aromatic nitrogens is 1. The Bertz CT molecular complexity index is 490. The molecule has 2 fully saturated rings. The summed E-state index contributed by atoms with van der Waals surface area (Å²) < 4.78 is 9.95. The molecule has 1 aliphatic heterocycles. The van der Waals surface area contributed by atoms with Crippen LogP contribution in [-0.4, -0.2) is 42.6 Å². The van der Waals surface area contributed by atoms with Crippen LogP contribution in [0.2, 0.25) is 0 Å². The minimum Gasteiger partial charge on any atom is -0.382 e. The Morgan fingerprint density at radius 3 is 3.21 bits per heavy atom. The highest BCUT2D eigenvalue weighted by Gasteiger charge is 2.38. The van der Waals surface area contributed by atoms with E-state index in [2.05, 4.69) is 14.6 Å². The van der Waals surface area contributed by atoms with E-state index in [9.17, 15) is 4.79 Å². The van der Waals surface area contributed by atoms with Gasteiger partial charge in [-0.05, 0) is 30.8 Å². The van der Waals surface area contributed by atoms with Crippen LogP contribution in [0, 0.1) is 0 Å². The maximum Gasteiger partial charge on any atom is 0.257 e. The fourth-order valence-electron chi connectivity index (χ4n) is 3.01. The maximum atomic E-state index is 12.0. The molecule has 2 heterocycles. The van der Waals surface area contributed by atoms with Crippen molar-refractivity contribution in [3.05, 3.63) is 5.56 Å². The second-order valence-electron chi connectivity index (χ2n) is 4.93. The molecule has 1 aromatic rings. The average molecular weight is 282 g/mol. The van der Waals surface area contributed by atoms with Crippen molar-refractivity contribution in [2.24, 2.45) is 0 Å². The number of amides is 1. The first-order chi connectivity index (χ1) is 9.22. The molecule has 0 radical (unpaired) electrons. The quantitative estimate of drug-likeness (QED) is 0.840. The highest BCUT2D eigenvalue weighted by Crippen LogP contribution is 2.38. The van der Waals surface area contributed by atoms with Crippen LogP contribution in [0.1, 0.15) is 29.6 Å². The standard InChI is InChI=1S/C12H18N4O2S/c1-14-11(17)9-10(13)15-19-12(9)16-5-6-18-8-4-2-3-7(8)16/h7-8H,2-6H2,1H3,(H2,13,15)(H,14,17). The van der Waals surface area contributed by atoms with Gasteiger partial charge in [-0.1, -0.05) is 0 Å². The number of nitrogens with zero attached hydrogens (tertiary/aromatic N) is 2. The minimum absolute atomic E-state index is 0.165. The molecule has 2 unspecified atom stereocenters. The summed E-state index contributed by atoms with van der Waals surface area (Å²) in [4.78, 5) is 14.2. The molecule has 19 heavy (non-hydrogen) atoms. The number of nitrogen functional groups attached to an aromatic ring is 1. The number of hydrogen-bond donors (Lipinski definition) is 2. The Balaban J connectivity index is 1.95. The number of ether oxygens (including phenoxy) is 1. The normalized spacial score (nSPS) is 26.3. The van der Waals surface area contributed by atoms with Gasteiger partial charge in [-0.15, -0.1) is 0 Å². The van der Waals surface area contributed by atoms with E-state index in [1.165, 1.54) is 18.0 Å². The second-order valence-corrected chi connectivity index (χ2v) is 5.68. The highest BCUT2D eigenvalue weighted by molar-refractivity contribution is 7.11. The van der Waals surface area contributed by atoms with Gasteiger partial charge < -0.3 is 20.7 Å². The second kappa shape index (κ2) is 4.97. The van der Waals surface area contributed by atoms with Crippen LogP contribution in [0.15, 0.2) is 0 Å². The fourth-order valence-corrected chi connectivity index (χ4v) is 3.90. The third-order valence-corrected chi connectivity index (χ3v) is 4.80. The zero-order valence-corrected chi connectivity index (χ0v) is 11.7. The molecular formula is C12H18N4O2S. The Labute approximate surface area is 116 Å². The molecule has 1 saturated carbocycles. The van der Waals surface area contributed by atoms with Gasteiger partial charge in [0.1, 0.15) is 10.6 Å². The van der Waals surface area contributed by atoms with Gasteiger partial charge in [0.2, 0.25) is 0 Å². The number of rotatable bonds is 2. The van der Waals surface area contributed by atoms with Crippen LogP contribution in [0.4, 0.5) is 10.8 Å². The number of morpholine rings is 1. The first kappa shape index (κ1) is 12.7. The number of carbonyl (C=O) groups excluding carboxylic acids is 1. The lowest BCUT2D eigenvalue weighted by atomic mass is 10.1. The van der Waals surface area contributed by atoms with Gasteiger partial charge in [-0.25, -0.2) is 0 Å². The van der Waals surface area contributed by atoms with Crippen molar-refractivity contribution in [2.45, 2.75) is 31.4 Å². The molecule has 0 spiro atoms. The van der Waals surface area contributed by atoms with Crippen LogP contribution < -0.4 is 16.0 Å². The van der Waals surface area contributed by atoms with Crippen molar-refractivity contribution in [1.29, 1.82) is 0 Å². The molecule has 1 aromatic heterocycles. The first-order valence-corrected chi connectivity index (χ1v) is 7.35. The molecular weight excluding hydrogens is 264 g/mol. The fraction of sp³-hybridized carbons (Fsp3) is 0.667. The number of anilines is 2. The summed E-state index contributed by atoms with van der Waals surface area (Å²) in [6, 6.07) is 0.358. The topological polar surface area (TPSA) is 80.5 Å². The average Bonchev–Trinajstić information content (AvgIpc) is 3.03. The third-order valence-electron chi connectivity index (χ3n) is 3.90. The molecule has 7 heteroatoms. The number of nitrogens with two attached hydrogens (primary N) is 1. The zero-order chi connectivity index (χ0) is 13.4. The maximum absolute atomic E-state index is 12.0. The monoisotopic (exact) mass is 282 g/mol. The van der Waals surface area contributed by atoms with Crippen LogP contribution in [0.5, 0.6) is 0 Å². The van der Waals surface area contributed by atoms with Crippen LogP contribution in [0.3, 0.4) is 0 Å². The van der Waals surface area contributed by atoms with Gasteiger partial charge in [-0.2, -0.15) is 4.37 Å². The van der Waals surface area contributed by atoms with Crippen molar-refractivity contribution in [3.8, 4) is 0 Å². The van der Waals surface area contributed by atoms with E-state index in [0.29, 0.717) is 24.0 Å². The lowest BCUT2D eigenvalue weighted by Gasteiger charge is -2.38. The number of hydrogen-bond acceptors (Lipinski definition) is 6.